The van der Waals surface area contributed by atoms with Gasteiger partial charge in [0.2, 0.25) is 0 Å². The summed E-state index contributed by atoms with van der Waals surface area (Å²) in [5.74, 6) is 1.23. The minimum atomic E-state index is -0.355. The molecule has 6 atom stereocenters. The van der Waals surface area contributed by atoms with Crippen LogP contribution < -0.4 is 10.6 Å². The van der Waals surface area contributed by atoms with Gasteiger partial charge in [-0.1, -0.05) is 48.5 Å². The molecular formula is C24H26Cl2N2O. The first-order chi connectivity index (χ1) is 13.9. The average Bonchev–Trinajstić information content (AvgIpc) is 2.66. The summed E-state index contributed by atoms with van der Waals surface area (Å²) in [7, 11) is 0. The zero-order valence-electron chi connectivity index (χ0n) is 16.3. The third-order valence-electron chi connectivity index (χ3n) is 7.10. The SMILES string of the molecule is O=C(Nc1ccccc1)N[C@@H](c1ccccc1)[C@H]1[C@H]2C[C@@H]3C[C@](Cl)(C2)C[C@@]1(Cl)C3. The molecule has 0 radical (unpaired) electrons. The fourth-order valence-electron chi connectivity index (χ4n) is 6.44. The van der Waals surface area contributed by atoms with Gasteiger partial charge in [0, 0.05) is 16.5 Å². The number of carbonyl (C=O) groups is 1. The van der Waals surface area contributed by atoms with Gasteiger partial charge in [-0.3, -0.25) is 0 Å². The van der Waals surface area contributed by atoms with E-state index >= 15 is 0 Å². The van der Waals surface area contributed by atoms with Crippen LogP contribution >= 0.6 is 23.2 Å². The van der Waals surface area contributed by atoms with Crippen LogP contribution in [0.4, 0.5) is 10.5 Å². The van der Waals surface area contributed by atoms with Gasteiger partial charge in [0.15, 0.2) is 0 Å². The number of halogens is 2. The van der Waals surface area contributed by atoms with E-state index < -0.39 is 0 Å². The Kier molecular flexibility index (Phi) is 4.79. The van der Waals surface area contributed by atoms with Crippen molar-refractivity contribution in [1.29, 1.82) is 0 Å². The summed E-state index contributed by atoms with van der Waals surface area (Å²) in [5.41, 5.74) is 1.89. The molecule has 29 heavy (non-hydrogen) atoms. The summed E-state index contributed by atoms with van der Waals surface area (Å²) in [4.78, 5) is 12.4. The molecule has 0 spiro atoms. The lowest BCUT2D eigenvalue weighted by Gasteiger charge is -2.63. The molecule has 4 aliphatic carbocycles. The van der Waals surface area contributed by atoms with Crippen LogP contribution in [0, 0.1) is 17.8 Å². The Labute approximate surface area is 182 Å². The van der Waals surface area contributed by atoms with Crippen LogP contribution in [0.5, 0.6) is 0 Å². The maximum absolute atomic E-state index is 12.9. The highest BCUT2D eigenvalue weighted by Gasteiger charge is 2.63. The molecule has 5 heteroatoms. The van der Waals surface area contributed by atoms with Crippen LogP contribution in [0.3, 0.4) is 0 Å². The lowest BCUT2D eigenvalue weighted by molar-refractivity contribution is -0.0226. The van der Waals surface area contributed by atoms with Crippen molar-refractivity contribution in [2.75, 3.05) is 5.32 Å². The van der Waals surface area contributed by atoms with Crippen molar-refractivity contribution in [2.24, 2.45) is 17.8 Å². The second kappa shape index (κ2) is 7.21. The van der Waals surface area contributed by atoms with E-state index in [1.54, 1.807) is 0 Å². The molecule has 0 aliphatic heterocycles. The molecule has 2 amide bonds. The predicted octanol–water partition coefficient (Wildman–Crippen LogP) is 6.34. The first-order valence-corrected chi connectivity index (χ1v) is 11.3. The number of hydrogen-bond donors (Lipinski definition) is 2. The van der Waals surface area contributed by atoms with E-state index in [1.807, 2.05) is 48.5 Å². The highest BCUT2D eigenvalue weighted by Crippen LogP contribution is 2.66. The first-order valence-electron chi connectivity index (χ1n) is 10.5. The van der Waals surface area contributed by atoms with E-state index in [9.17, 15) is 4.79 Å². The second-order valence-corrected chi connectivity index (χ2v) is 10.8. The molecule has 2 aromatic carbocycles. The number of anilines is 1. The number of urea groups is 1. The van der Waals surface area contributed by atoms with Gasteiger partial charge in [0.25, 0.3) is 0 Å². The van der Waals surface area contributed by atoms with Crippen LogP contribution in [0.1, 0.15) is 43.7 Å². The fourth-order valence-corrected chi connectivity index (χ4v) is 7.94. The van der Waals surface area contributed by atoms with E-state index in [1.165, 1.54) is 6.42 Å². The molecule has 2 aromatic rings. The summed E-state index contributed by atoms with van der Waals surface area (Å²) < 4.78 is 0. The number of hydrogen-bond acceptors (Lipinski definition) is 1. The monoisotopic (exact) mass is 428 g/mol. The van der Waals surface area contributed by atoms with E-state index in [4.69, 9.17) is 23.2 Å². The van der Waals surface area contributed by atoms with Crippen LogP contribution in [-0.4, -0.2) is 15.8 Å². The Balaban J connectivity index is 1.45. The highest BCUT2D eigenvalue weighted by molar-refractivity contribution is 6.28. The molecule has 4 aliphatic rings. The predicted molar refractivity (Wildman–Crippen MR) is 119 cm³/mol. The maximum Gasteiger partial charge on any atom is 0.319 e. The Morgan fingerprint density at radius 2 is 1.66 bits per heavy atom. The Hall–Kier alpha value is -1.71. The molecule has 4 fully saturated rings. The van der Waals surface area contributed by atoms with Crippen molar-refractivity contribution in [3.8, 4) is 0 Å². The first kappa shape index (κ1) is 19.3. The molecule has 152 valence electrons. The minimum Gasteiger partial charge on any atom is -0.331 e. The number of carbonyl (C=O) groups excluding carboxylic acids is 1. The Morgan fingerprint density at radius 1 is 0.966 bits per heavy atom. The van der Waals surface area contributed by atoms with Gasteiger partial charge >= 0.3 is 6.03 Å². The van der Waals surface area contributed by atoms with Gasteiger partial charge in [0.05, 0.1) is 10.9 Å². The number of amides is 2. The molecule has 3 nitrogen and oxygen atoms in total. The summed E-state index contributed by atoms with van der Waals surface area (Å²) in [5, 5.41) is 6.24. The number of benzene rings is 2. The summed E-state index contributed by atoms with van der Waals surface area (Å²) in [6.07, 6.45) is 5.07. The Bertz CT molecular complexity index is 892. The molecule has 2 N–H and O–H groups in total. The molecule has 0 aromatic heterocycles. The number of rotatable bonds is 4. The smallest absolute Gasteiger partial charge is 0.319 e. The van der Waals surface area contributed by atoms with Gasteiger partial charge < -0.3 is 10.6 Å². The molecular weight excluding hydrogens is 403 g/mol. The number of alkyl halides is 2. The molecule has 4 saturated carbocycles. The van der Waals surface area contributed by atoms with Crippen molar-refractivity contribution in [1.82, 2.24) is 5.32 Å². The van der Waals surface area contributed by atoms with Crippen molar-refractivity contribution in [2.45, 2.75) is 47.9 Å². The second-order valence-electron chi connectivity index (χ2n) is 9.22. The van der Waals surface area contributed by atoms with Crippen LogP contribution in [0.2, 0.25) is 0 Å². The van der Waals surface area contributed by atoms with Crippen LogP contribution in [0.25, 0.3) is 0 Å². The fraction of sp³-hybridized carbons (Fsp3) is 0.458. The minimum absolute atomic E-state index is 0.136. The van der Waals surface area contributed by atoms with Gasteiger partial charge in [-0.2, -0.15) is 0 Å². The molecule has 4 bridgehead atoms. The van der Waals surface area contributed by atoms with Crippen molar-refractivity contribution < 1.29 is 4.79 Å². The molecule has 6 rings (SSSR count). The summed E-state index contributed by atoms with van der Waals surface area (Å²) in [6, 6.07) is 19.5. The van der Waals surface area contributed by atoms with Crippen LogP contribution in [0.15, 0.2) is 60.7 Å². The van der Waals surface area contributed by atoms with Crippen molar-refractivity contribution in [3.05, 3.63) is 66.2 Å². The van der Waals surface area contributed by atoms with Crippen molar-refractivity contribution >= 4 is 34.9 Å². The van der Waals surface area contributed by atoms with Gasteiger partial charge in [-0.15, -0.1) is 23.2 Å². The normalized spacial score (nSPS) is 35.9. The molecule has 0 heterocycles. The summed E-state index contributed by atoms with van der Waals surface area (Å²) >= 11 is 14.3. The zero-order valence-corrected chi connectivity index (χ0v) is 17.8. The van der Waals surface area contributed by atoms with E-state index in [0.717, 1.165) is 36.9 Å². The average molecular weight is 429 g/mol. The maximum atomic E-state index is 12.9. The van der Waals surface area contributed by atoms with Crippen molar-refractivity contribution in [3.63, 3.8) is 0 Å². The van der Waals surface area contributed by atoms with Gasteiger partial charge in [0.1, 0.15) is 0 Å². The third kappa shape index (κ3) is 3.64. The largest absolute Gasteiger partial charge is 0.331 e. The molecule has 0 saturated heterocycles. The van der Waals surface area contributed by atoms with E-state index in [0.29, 0.717) is 11.8 Å². The topological polar surface area (TPSA) is 41.1 Å². The van der Waals surface area contributed by atoms with Gasteiger partial charge in [-0.25, -0.2) is 4.79 Å². The lowest BCUT2D eigenvalue weighted by Crippen LogP contribution is -2.62. The lowest BCUT2D eigenvalue weighted by atomic mass is 9.49. The number of para-hydroxylation sites is 1. The molecule has 0 unspecified atom stereocenters. The quantitative estimate of drug-likeness (QED) is 0.547. The number of nitrogens with one attached hydrogen (secondary N) is 2. The van der Waals surface area contributed by atoms with Gasteiger partial charge in [-0.05, 0) is 61.6 Å². The standard InChI is InChI=1S/C24H26Cl2N2O/c25-23-12-16-11-18(14-23)20(24(26,13-16)15-23)21(17-7-3-1-4-8-17)28-22(29)27-19-9-5-2-6-10-19/h1-10,16,18,20-21H,11-15H2,(H2,27,28,29)/t16-,18+,20-,21+,23+,24+/m1/s1. The van der Waals surface area contributed by atoms with Crippen LogP contribution in [-0.2, 0) is 0 Å². The third-order valence-corrected chi connectivity index (χ3v) is 8.08. The zero-order chi connectivity index (χ0) is 20.1. The Morgan fingerprint density at radius 3 is 2.31 bits per heavy atom. The summed E-state index contributed by atoms with van der Waals surface area (Å²) in [6.45, 7) is 0. The van der Waals surface area contributed by atoms with E-state index in [2.05, 4.69) is 22.8 Å². The van der Waals surface area contributed by atoms with E-state index in [-0.39, 0.29) is 27.7 Å². The highest BCUT2D eigenvalue weighted by atomic mass is 35.5.